The molecule has 6 amide bonds. The van der Waals surface area contributed by atoms with E-state index in [-0.39, 0.29) is 61.3 Å². The highest BCUT2D eigenvalue weighted by atomic mass is 35.5. The van der Waals surface area contributed by atoms with Crippen LogP contribution in [0.4, 0.5) is 5.82 Å². The number of hydrogen-bond donors (Lipinski definition) is 4. The second-order valence-electron chi connectivity index (χ2n) is 15.3. The van der Waals surface area contributed by atoms with E-state index in [1.807, 2.05) is 17.0 Å². The van der Waals surface area contributed by atoms with Crippen LogP contribution in [0.3, 0.4) is 0 Å². The minimum Gasteiger partial charge on any atom is -0.483 e. The van der Waals surface area contributed by atoms with Gasteiger partial charge in [-0.15, -0.1) is 0 Å². The number of aliphatic hydroxyl groups excluding tert-OH is 1. The van der Waals surface area contributed by atoms with Gasteiger partial charge in [0.1, 0.15) is 23.9 Å². The highest BCUT2D eigenvalue weighted by Gasteiger charge is 2.46. The Morgan fingerprint density at radius 1 is 0.951 bits per heavy atom. The summed E-state index contributed by atoms with van der Waals surface area (Å²) in [4.78, 5) is 90.4. The lowest BCUT2D eigenvalue weighted by Crippen LogP contribution is -2.54. The second kappa shape index (κ2) is 19.9. The first-order valence-corrected chi connectivity index (χ1v) is 20.8. The number of anilines is 1. The molecule has 0 saturated carbocycles. The number of hydrogen-bond acceptors (Lipinski definition) is 14. The maximum absolute atomic E-state index is 13.9. The summed E-state index contributed by atoms with van der Waals surface area (Å²) in [6.45, 7) is 6.27. The normalized spacial score (nSPS) is 20.4. The minimum absolute atomic E-state index is 0.00172. The lowest BCUT2D eigenvalue weighted by molar-refractivity contribution is -0.136. The standard InChI is InChI=1S/C42H49ClN8O10/c1-25-21-31(52)37-35(25)38(47-24-46-37)49-13-15-50(16-14-49)40(56)29(26-5-7-27(43)8-6-26)22-44-11-17-59-19-20-60-18-12-45-34(54)23-61-32-4-2-3-28-36(32)42(58)51(41(28)57)30-9-10-33(53)48-39(30)55/h2-8,24-25,29-31,44,52H,9-23H2,1H3,(H,45,54)(H,48,53,55)/t25-,29-,30?,31-/m1/s1. The minimum atomic E-state index is -1.11. The van der Waals surface area contributed by atoms with Gasteiger partial charge in [-0.2, -0.15) is 0 Å². The van der Waals surface area contributed by atoms with E-state index in [1.54, 1.807) is 12.1 Å². The maximum atomic E-state index is 13.9. The Morgan fingerprint density at radius 3 is 2.43 bits per heavy atom. The fourth-order valence-electron chi connectivity index (χ4n) is 8.13. The van der Waals surface area contributed by atoms with Crippen LogP contribution in [0.2, 0.25) is 5.02 Å². The number of nitrogens with one attached hydrogen (secondary N) is 3. The number of ether oxygens (including phenoxy) is 3. The van der Waals surface area contributed by atoms with Crippen LogP contribution in [0.25, 0.3) is 0 Å². The van der Waals surface area contributed by atoms with Gasteiger partial charge in [0.25, 0.3) is 17.7 Å². The highest BCUT2D eigenvalue weighted by molar-refractivity contribution is 6.30. The third-order valence-electron chi connectivity index (χ3n) is 11.2. The molecule has 0 bridgehead atoms. The molecule has 2 fully saturated rings. The van der Waals surface area contributed by atoms with Crippen LogP contribution in [0, 0.1) is 0 Å². The van der Waals surface area contributed by atoms with Crippen molar-refractivity contribution in [2.75, 3.05) is 83.7 Å². The third kappa shape index (κ3) is 10.00. The van der Waals surface area contributed by atoms with Crippen LogP contribution >= 0.6 is 11.6 Å². The Labute approximate surface area is 357 Å². The van der Waals surface area contributed by atoms with Gasteiger partial charge < -0.3 is 39.8 Å². The number of carbonyl (C=O) groups excluding carboxylic acids is 6. The van der Waals surface area contributed by atoms with Crippen molar-refractivity contribution in [3.63, 3.8) is 0 Å². The summed E-state index contributed by atoms with van der Waals surface area (Å²) in [5.41, 5.74) is 2.58. The SMILES string of the molecule is C[C@@H]1C[C@@H](O)c2ncnc(N3CCN(C(=O)[C@H](CNCCOCCOCCNC(=O)COc4cccc5c4C(=O)N(C4CCC(=O)NC4=O)C5=O)c4ccc(Cl)cc4)CC3)c21. The molecule has 1 aromatic heterocycles. The Kier molecular flexibility index (Phi) is 14.2. The van der Waals surface area contributed by atoms with Gasteiger partial charge in [-0.25, -0.2) is 9.97 Å². The van der Waals surface area contributed by atoms with Crippen LogP contribution in [0.1, 0.15) is 81.7 Å². The molecular weight excluding hydrogens is 812 g/mol. The number of aromatic nitrogens is 2. The van der Waals surface area contributed by atoms with Crippen LogP contribution in [0.15, 0.2) is 48.8 Å². The van der Waals surface area contributed by atoms with Gasteiger partial charge in [-0.05, 0) is 48.6 Å². The Bertz CT molecular complexity index is 2130. The molecule has 0 spiro atoms. The number of rotatable bonds is 18. The first kappa shape index (κ1) is 43.6. The molecular formula is C42H49ClN8O10. The number of aliphatic hydroxyl groups is 1. The number of fused-ring (bicyclic) bond motifs is 2. The number of halogens is 1. The van der Waals surface area contributed by atoms with Gasteiger partial charge in [0.05, 0.1) is 55.3 Å². The summed E-state index contributed by atoms with van der Waals surface area (Å²) in [5, 5.41) is 19.2. The molecule has 4 aliphatic rings. The van der Waals surface area contributed by atoms with Gasteiger partial charge in [0, 0.05) is 62.8 Å². The number of amides is 6. The van der Waals surface area contributed by atoms with E-state index in [0.717, 1.165) is 21.8 Å². The molecule has 4 N–H and O–H groups in total. The molecule has 2 saturated heterocycles. The topological polar surface area (TPSA) is 222 Å². The third-order valence-corrected chi connectivity index (χ3v) is 11.5. The number of nitrogens with zero attached hydrogens (tertiary/aromatic N) is 5. The number of piperidine rings is 1. The fraction of sp³-hybridized carbons (Fsp3) is 0.476. The van der Waals surface area contributed by atoms with Crippen LogP contribution in [0.5, 0.6) is 5.75 Å². The number of piperazine rings is 1. The smallest absolute Gasteiger partial charge is 0.266 e. The average Bonchev–Trinajstić information content (AvgIpc) is 3.70. The summed E-state index contributed by atoms with van der Waals surface area (Å²) in [6, 6.07) is 10.6. The molecule has 61 heavy (non-hydrogen) atoms. The summed E-state index contributed by atoms with van der Waals surface area (Å²) >= 11 is 6.17. The molecule has 2 aromatic carbocycles. The van der Waals surface area contributed by atoms with E-state index < -0.39 is 54.2 Å². The van der Waals surface area contributed by atoms with Gasteiger partial charge in [0.2, 0.25) is 17.7 Å². The zero-order chi connectivity index (χ0) is 43.0. The number of benzene rings is 2. The lowest BCUT2D eigenvalue weighted by Gasteiger charge is -2.38. The van der Waals surface area contributed by atoms with Crippen LogP contribution in [-0.2, 0) is 28.7 Å². The fourth-order valence-corrected chi connectivity index (χ4v) is 8.26. The highest BCUT2D eigenvalue weighted by Crippen LogP contribution is 2.43. The molecule has 1 aliphatic carbocycles. The largest absolute Gasteiger partial charge is 0.483 e. The van der Waals surface area contributed by atoms with Crippen molar-refractivity contribution in [3.05, 3.63) is 81.8 Å². The average molecular weight is 861 g/mol. The van der Waals surface area contributed by atoms with E-state index >= 15 is 0 Å². The van der Waals surface area contributed by atoms with E-state index in [0.29, 0.717) is 69.6 Å². The molecule has 3 aromatic rings. The van der Waals surface area contributed by atoms with E-state index in [9.17, 15) is 33.9 Å². The maximum Gasteiger partial charge on any atom is 0.266 e. The molecule has 7 rings (SSSR count). The van der Waals surface area contributed by atoms with Crippen molar-refractivity contribution in [1.29, 1.82) is 0 Å². The van der Waals surface area contributed by atoms with Crippen LogP contribution < -0.4 is 25.6 Å². The zero-order valence-electron chi connectivity index (χ0n) is 33.8. The predicted molar refractivity (Wildman–Crippen MR) is 219 cm³/mol. The molecule has 324 valence electrons. The predicted octanol–water partition coefficient (Wildman–Crippen LogP) is 1.32. The molecule has 3 aliphatic heterocycles. The molecule has 4 heterocycles. The first-order valence-electron chi connectivity index (χ1n) is 20.4. The Balaban J connectivity index is 0.779. The van der Waals surface area contributed by atoms with E-state index in [1.165, 1.54) is 24.5 Å². The van der Waals surface area contributed by atoms with E-state index in [2.05, 4.69) is 37.7 Å². The van der Waals surface area contributed by atoms with Crippen molar-refractivity contribution in [3.8, 4) is 5.75 Å². The quantitative estimate of drug-likeness (QED) is 0.105. The van der Waals surface area contributed by atoms with Crippen molar-refractivity contribution in [2.45, 2.75) is 50.2 Å². The summed E-state index contributed by atoms with van der Waals surface area (Å²) < 4.78 is 16.9. The monoisotopic (exact) mass is 860 g/mol. The summed E-state index contributed by atoms with van der Waals surface area (Å²) in [5.74, 6) is -2.42. The van der Waals surface area contributed by atoms with Gasteiger partial charge in [-0.3, -0.25) is 39.0 Å². The molecule has 19 heteroatoms. The molecule has 4 atom stereocenters. The van der Waals surface area contributed by atoms with Gasteiger partial charge in [0.15, 0.2) is 6.61 Å². The van der Waals surface area contributed by atoms with Crippen molar-refractivity contribution >= 4 is 52.9 Å². The number of carbonyl (C=O) groups is 6. The molecule has 1 unspecified atom stereocenters. The Morgan fingerprint density at radius 2 is 1.69 bits per heavy atom. The van der Waals surface area contributed by atoms with Crippen molar-refractivity contribution in [1.82, 2.24) is 35.7 Å². The van der Waals surface area contributed by atoms with Gasteiger partial charge >= 0.3 is 0 Å². The molecule has 18 nitrogen and oxygen atoms in total. The number of imide groups is 2. The van der Waals surface area contributed by atoms with Crippen molar-refractivity contribution < 1.29 is 48.1 Å². The lowest BCUT2D eigenvalue weighted by atomic mass is 9.97. The summed E-state index contributed by atoms with van der Waals surface area (Å²) in [7, 11) is 0. The second-order valence-corrected chi connectivity index (χ2v) is 15.7. The Hall–Kier alpha value is -5.53. The zero-order valence-corrected chi connectivity index (χ0v) is 34.5. The van der Waals surface area contributed by atoms with Crippen molar-refractivity contribution in [2.24, 2.45) is 0 Å². The summed E-state index contributed by atoms with van der Waals surface area (Å²) in [6.07, 6.45) is 1.58. The molecule has 0 radical (unpaired) electrons. The van der Waals surface area contributed by atoms with Gasteiger partial charge in [-0.1, -0.05) is 36.7 Å². The van der Waals surface area contributed by atoms with Crippen LogP contribution in [-0.4, -0.2) is 145 Å². The van der Waals surface area contributed by atoms with E-state index in [4.69, 9.17) is 25.8 Å². The first-order chi connectivity index (χ1) is 29.5.